The summed E-state index contributed by atoms with van der Waals surface area (Å²) in [5.74, 6) is 0.964. The first-order chi connectivity index (χ1) is 8.90. The van der Waals surface area contributed by atoms with Gasteiger partial charge in [0.2, 0.25) is 4.96 Å². The maximum Gasteiger partial charge on any atom is 0.217 e. The highest BCUT2D eigenvalue weighted by molar-refractivity contribution is 7.99. The second kappa shape index (κ2) is 5.26. The van der Waals surface area contributed by atoms with Gasteiger partial charge in [-0.15, -0.1) is 10.2 Å². The molecular weight excluding hydrogens is 266 g/mol. The van der Waals surface area contributed by atoms with E-state index in [9.17, 15) is 0 Å². The van der Waals surface area contributed by atoms with E-state index in [-0.39, 0.29) is 6.61 Å². The third-order valence-electron chi connectivity index (χ3n) is 2.69. The molecule has 0 unspecified atom stereocenters. The minimum atomic E-state index is 0.261. The highest BCUT2D eigenvalue weighted by Gasteiger charge is 2.11. The number of fused-ring (bicyclic) bond motifs is 3. The van der Waals surface area contributed by atoms with Gasteiger partial charge in [0, 0.05) is 12.4 Å². The van der Waals surface area contributed by atoms with E-state index in [4.69, 9.17) is 5.11 Å². The Morgan fingerprint density at radius 1 is 1.22 bits per heavy atom. The van der Waals surface area contributed by atoms with Gasteiger partial charge < -0.3 is 5.11 Å². The fraction of sp³-hybridized carbons (Fsp3) is 0.333. The number of rotatable bonds is 5. The van der Waals surface area contributed by atoms with Gasteiger partial charge in [0.1, 0.15) is 0 Å². The normalized spacial score (nSPS) is 11.6. The lowest BCUT2D eigenvalue weighted by molar-refractivity contribution is 0.287. The molecule has 4 nitrogen and oxygen atoms in total. The summed E-state index contributed by atoms with van der Waals surface area (Å²) in [5, 5.41) is 18.2. The molecule has 18 heavy (non-hydrogen) atoms. The van der Waals surface area contributed by atoms with Gasteiger partial charge in [0.15, 0.2) is 5.16 Å². The van der Waals surface area contributed by atoms with Crippen LogP contribution in [0.2, 0.25) is 0 Å². The Kier molecular flexibility index (Phi) is 3.49. The van der Waals surface area contributed by atoms with Gasteiger partial charge in [-0.2, -0.15) is 0 Å². The van der Waals surface area contributed by atoms with E-state index in [2.05, 4.69) is 26.7 Å². The van der Waals surface area contributed by atoms with Crippen molar-refractivity contribution in [2.45, 2.75) is 18.0 Å². The Balaban J connectivity index is 1.92. The molecule has 2 aromatic heterocycles. The van der Waals surface area contributed by atoms with Crippen molar-refractivity contribution in [2.24, 2.45) is 0 Å². The van der Waals surface area contributed by atoms with E-state index in [1.54, 1.807) is 23.1 Å². The molecule has 2 heterocycles. The molecule has 0 aliphatic carbocycles. The third-order valence-corrected chi connectivity index (χ3v) is 4.72. The number of aromatic nitrogens is 3. The van der Waals surface area contributed by atoms with Crippen molar-refractivity contribution in [3.05, 3.63) is 24.3 Å². The first-order valence-corrected chi connectivity index (χ1v) is 7.66. The van der Waals surface area contributed by atoms with Crippen LogP contribution in [0.5, 0.6) is 0 Å². The van der Waals surface area contributed by atoms with Crippen LogP contribution < -0.4 is 0 Å². The Labute approximate surface area is 113 Å². The predicted molar refractivity (Wildman–Crippen MR) is 75.4 cm³/mol. The van der Waals surface area contributed by atoms with Crippen LogP contribution in [0.1, 0.15) is 12.8 Å². The molecule has 94 valence electrons. The number of hydrogen-bond acceptors (Lipinski definition) is 5. The Hall–Kier alpha value is -1.11. The maximum atomic E-state index is 8.76. The van der Waals surface area contributed by atoms with Crippen LogP contribution in [0.4, 0.5) is 0 Å². The van der Waals surface area contributed by atoms with Crippen LogP contribution >= 0.6 is 23.1 Å². The van der Waals surface area contributed by atoms with Crippen molar-refractivity contribution in [3.63, 3.8) is 0 Å². The number of unbranched alkanes of at least 4 members (excludes halogenated alkanes) is 1. The summed E-state index contributed by atoms with van der Waals surface area (Å²) in [6, 6.07) is 8.28. The number of para-hydroxylation sites is 1. The van der Waals surface area contributed by atoms with Gasteiger partial charge in [0.25, 0.3) is 0 Å². The summed E-state index contributed by atoms with van der Waals surface area (Å²) in [6.07, 6.45) is 1.84. The van der Waals surface area contributed by atoms with E-state index < -0.39 is 0 Å². The van der Waals surface area contributed by atoms with Gasteiger partial charge in [0.05, 0.1) is 10.2 Å². The SMILES string of the molecule is OCCCCSc1nnc2sc3ccccc3n12. The van der Waals surface area contributed by atoms with Crippen LogP contribution in [-0.4, -0.2) is 32.1 Å². The van der Waals surface area contributed by atoms with Gasteiger partial charge in [-0.1, -0.05) is 35.2 Å². The van der Waals surface area contributed by atoms with Crippen molar-refractivity contribution < 1.29 is 5.11 Å². The number of thioether (sulfide) groups is 1. The number of hydrogen-bond donors (Lipinski definition) is 1. The van der Waals surface area contributed by atoms with Crippen molar-refractivity contribution in [2.75, 3.05) is 12.4 Å². The Morgan fingerprint density at radius 2 is 2.11 bits per heavy atom. The average molecular weight is 279 g/mol. The zero-order valence-electron chi connectivity index (χ0n) is 9.74. The first-order valence-electron chi connectivity index (χ1n) is 5.86. The maximum absolute atomic E-state index is 8.76. The first kappa shape index (κ1) is 12.0. The lowest BCUT2D eigenvalue weighted by atomic mass is 10.3. The largest absolute Gasteiger partial charge is 0.396 e. The quantitative estimate of drug-likeness (QED) is 0.576. The molecule has 0 saturated carbocycles. The second-order valence-corrected chi connectivity index (χ2v) is 6.02. The van der Waals surface area contributed by atoms with Crippen LogP contribution in [0.15, 0.2) is 29.4 Å². The zero-order chi connectivity index (χ0) is 12.4. The van der Waals surface area contributed by atoms with Crippen LogP contribution in [-0.2, 0) is 0 Å². The minimum Gasteiger partial charge on any atom is -0.396 e. The molecule has 0 bridgehead atoms. The van der Waals surface area contributed by atoms with Gasteiger partial charge >= 0.3 is 0 Å². The fourth-order valence-corrected chi connectivity index (χ4v) is 3.79. The highest BCUT2D eigenvalue weighted by Crippen LogP contribution is 2.29. The molecule has 0 spiro atoms. The summed E-state index contributed by atoms with van der Waals surface area (Å²) in [4.78, 5) is 0.945. The van der Waals surface area contributed by atoms with Crippen LogP contribution in [0.3, 0.4) is 0 Å². The Morgan fingerprint density at radius 3 is 3.00 bits per heavy atom. The number of aliphatic hydroxyl groups excluding tert-OH is 1. The lowest BCUT2D eigenvalue weighted by Crippen LogP contribution is -1.89. The molecule has 0 fully saturated rings. The molecule has 6 heteroatoms. The van der Waals surface area contributed by atoms with Gasteiger partial charge in [-0.05, 0) is 25.0 Å². The number of benzene rings is 1. The zero-order valence-corrected chi connectivity index (χ0v) is 11.4. The minimum absolute atomic E-state index is 0.261. The highest BCUT2D eigenvalue weighted by atomic mass is 32.2. The molecule has 3 aromatic rings. The van der Waals surface area contributed by atoms with Crippen molar-refractivity contribution in [1.82, 2.24) is 14.6 Å². The Bertz CT molecular complexity index is 661. The van der Waals surface area contributed by atoms with Crippen molar-refractivity contribution >= 4 is 38.3 Å². The molecule has 0 amide bonds. The van der Waals surface area contributed by atoms with Crippen LogP contribution in [0.25, 0.3) is 15.2 Å². The second-order valence-electron chi connectivity index (χ2n) is 3.95. The number of nitrogens with zero attached hydrogens (tertiary/aromatic N) is 3. The molecule has 0 saturated heterocycles. The standard InChI is InChI=1S/C12H13N3OS2/c16-7-3-4-8-17-11-13-14-12-15(11)9-5-1-2-6-10(9)18-12/h1-2,5-6,16H,3-4,7-8H2. The average Bonchev–Trinajstić information content (AvgIpc) is 2.94. The summed E-state index contributed by atoms with van der Waals surface area (Å²) >= 11 is 3.36. The number of aliphatic hydroxyl groups is 1. The molecular formula is C12H13N3OS2. The summed E-state index contributed by atoms with van der Waals surface area (Å²) in [6.45, 7) is 0.261. The van der Waals surface area contributed by atoms with E-state index in [1.807, 2.05) is 12.1 Å². The summed E-state index contributed by atoms with van der Waals surface area (Å²) < 4.78 is 3.35. The summed E-state index contributed by atoms with van der Waals surface area (Å²) in [7, 11) is 0. The van der Waals surface area contributed by atoms with E-state index in [0.29, 0.717) is 0 Å². The molecule has 3 rings (SSSR count). The third kappa shape index (κ3) is 2.11. The smallest absolute Gasteiger partial charge is 0.217 e. The molecule has 0 aliphatic rings. The monoisotopic (exact) mass is 279 g/mol. The summed E-state index contributed by atoms with van der Waals surface area (Å²) in [5.41, 5.74) is 1.17. The van der Waals surface area contributed by atoms with Gasteiger partial charge in [-0.25, -0.2) is 0 Å². The molecule has 1 N–H and O–H groups in total. The van der Waals surface area contributed by atoms with Crippen molar-refractivity contribution in [1.29, 1.82) is 0 Å². The van der Waals surface area contributed by atoms with E-state index in [1.165, 1.54) is 10.2 Å². The van der Waals surface area contributed by atoms with E-state index in [0.717, 1.165) is 28.7 Å². The molecule has 0 radical (unpaired) electrons. The topological polar surface area (TPSA) is 50.4 Å². The fourth-order valence-electron chi connectivity index (χ4n) is 1.83. The van der Waals surface area contributed by atoms with E-state index >= 15 is 0 Å². The number of thiazole rings is 1. The molecule has 1 aromatic carbocycles. The van der Waals surface area contributed by atoms with Gasteiger partial charge in [-0.3, -0.25) is 4.40 Å². The molecule has 0 atom stereocenters. The molecule has 0 aliphatic heterocycles. The lowest BCUT2D eigenvalue weighted by Gasteiger charge is -1.98. The van der Waals surface area contributed by atoms with Crippen molar-refractivity contribution in [3.8, 4) is 0 Å². The predicted octanol–water partition coefficient (Wildman–Crippen LogP) is 2.81. The van der Waals surface area contributed by atoms with Crippen LogP contribution in [0, 0.1) is 0 Å².